The summed E-state index contributed by atoms with van der Waals surface area (Å²) < 4.78 is 19.0. The van der Waals surface area contributed by atoms with Gasteiger partial charge in [0.05, 0.1) is 18.7 Å². The largest absolute Gasteiger partial charge is 0.507 e. The molecule has 1 saturated heterocycles. The van der Waals surface area contributed by atoms with Crippen molar-refractivity contribution in [3.63, 3.8) is 0 Å². The van der Waals surface area contributed by atoms with Crippen molar-refractivity contribution >= 4 is 17.4 Å². The lowest BCUT2D eigenvalue weighted by Crippen LogP contribution is -2.32. The zero-order valence-corrected chi connectivity index (χ0v) is 19.8. The minimum absolute atomic E-state index is 0.0105. The van der Waals surface area contributed by atoms with Gasteiger partial charge in [0.15, 0.2) is 0 Å². The third kappa shape index (κ3) is 5.09. The third-order valence-electron chi connectivity index (χ3n) is 5.86. The summed E-state index contributed by atoms with van der Waals surface area (Å²) in [6.45, 7) is 5.07. The molecule has 1 heterocycles. The highest BCUT2D eigenvalue weighted by atomic mass is 19.1. The van der Waals surface area contributed by atoms with Crippen LogP contribution in [0.3, 0.4) is 0 Å². The average molecular weight is 455 g/mol. The fourth-order valence-corrected chi connectivity index (χ4v) is 4.15. The molecule has 176 valence electrons. The molecule has 1 fully saturated rings. The highest BCUT2D eigenvalue weighted by Gasteiger charge is 2.45. The van der Waals surface area contributed by atoms with Crippen LogP contribution in [0.5, 0.6) is 5.75 Å². The molecular weight excluding hydrogens is 423 g/mol. The molecule has 1 unspecified atom stereocenters. The Balaban J connectivity index is 2.13. The summed E-state index contributed by atoms with van der Waals surface area (Å²) in [5.74, 6) is -1.27. The molecule has 1 amide bonds. The number of ketones is 1. The number of aliphatic hydroxyl groups is 1. The topological polar surface area (TPSA) is 70.1 Å². The smallest absolute Gasteiger partial charge is 0.295 e. The number of benzene rings is 2. The standard InChI is InChI=1S/C26H31FN2O4/c1-16(2)20-15-18(9-12-21(20)33-5)24(30)22-23(17-7-10-19(27)11-8-17)29(26(32)25(22)31)14-6-13-28(3)4/h7-12,15-16,23,30H,6,13-14H2,1-5H3/b24-22-. The number of hydrogen-bond donors (Lipinski definition) is 1. The van der Waals surface area contributed by atoms with Crippen LogP contribution in [-0.2, 0) is 9.59 Å². The summed E-state index contributed by atoms with van der Waals surface area (Å²) in [6, 6.07) is 10.1. The van der Waals surface area contributed by atoms with E-state index in [1.165, 1.54) is 17.0 Å². The van der Waals surface area contributed by atoms with E-state index in [0.29, 0.717) is 29.8 Å². The molecule has 1 aliphatic rings. The second kappa shape index (κ2) is 10.2. The molecular formula is C26H31FN2O4. The van der Waals surface area contributed by atoms with Crippen molar-refractivity contribution in [3.8, 4) is 5.75 Å². The number of carbonyl (C=O) groups is 2. The van der Waals surface area contributed by atoms with Crippen molar-refractivity contribution in [2.75, 3.05) is 34.3 Å². The van der Waals surface area contributed by atoms with E-state index < -0.39 is 23.5 Å². The van der Waals surface area contributed by atoms with E-state index in [2.05, 4.69) is 0 Å². The first-order valence-corrected chi connectivity index (χ1v) is 11.0. The van der Waals surface area contributed by atoms with Gasteiger partial charge in [0, 0.05) is 12.1 Å². The second-order valence-corrected chi connectivity index (χ2v) is 8.81. The Morgan fingerprint density at radius 2 is 1.82 bits per heavy atom. The molecule has 1 N–H and O–H groups in total. The summed E-state index contributed by atoms with van der Waals surface area (Å²) in [5, 5.41) is 11.3. The molecule has 33 heavy (non-hydrogen) atoms. The SMILES string of the molecule is COc1ccc(/C(O)=C2/C(=O)C(=O)N(CCCN(C)C)C2c2ccc(F)cc2)cc1C(C)C. The number of rotatable bonds is 8. The molecule has 2 aromatic rings. The number of likely N-dealkylation sites (tertiary alicyclic amines) is 1. The van der Waals surface area contributed by atoms with Crippen molar-refractivity contribution in [1.29, 1.82) is 0 Å². The van der Waals surface area contributed by atoms with Gasteiger partial charge in [-0.3, -0.25) is 9.59 Å². The number of amides is 1. The van der Waals surface area contributed by atoms with Gasteiger partial charge in [0.2, 0.25) is 0 Å². The lowest BCUT2D eigenvalue weighted by Gasteiger charge is -2.26. The molecule has 0 bridgehead atoms. The molecule has 3 rings (SSSR count). The van der Waals surface area contributed by atoms with Crippen molar-refractivity contribution in [2.24, 2.45) is 0 Å². The van der Waals surface area contributed by atoms with Crippen molar-refractivity contribution in [3.05, 3.63) is 70.5 Å². The van der Waals surface area contributed by atoms with Gasteiger partial charge in [-0.05, 0) is 74.4 Å². The molecule has 7 heteroatoms. The van der Waals surface area contributed by atoms with Crippen molar-refractivity contribution in [2.45, 2.75) is 32.2 Å². The molecule has 6 nitrogen and oxygen atoms in total. The van der Waals surface area contributed by atoms with E-state index in [1.807, 2.05) is 32.8 Å². The van der Waals surface area contributed by atoms with Crippen LogP contribution < -0.4 is 4.74 Å². The van der Waals surface area contributed by atoms with Crippen LogP contribution in [0.25, 0.3) is 5.76 Å². The van der Waals surface area contributed by atoms with E-state index in [1.54, 1.807) is 37.4 Å². The number of carbonyl (C=O) groups excluding carboxylic acids is 2. The van der Waals surface area contributed by atoms with E-state index in [4.69, 9.17) is 4.74 Å². The molecule has 0 aliphatic carbocycles. The minimum atomic E-state index is -0.794. The van der Waals surface area contributed by atoms with Gasteiger partial charge in [0.25, 0.3) is 11.7 Å². The number of hydrogen-bond acceptors (Lipinski definition) is 5. The Hall–Kier alpha value is -3.19. The first kappa shape index (κ1) is 24.5. The molecule has 0 spiro atoms. The second-order valence-electron chi connectivity index (χ2n) is 8.81. The van der Waals surface area contributed by atoms with Gasteiger partial charge in [-0.1, -0.05) is 26.0 Å². The third-order valence-corrected chi connectivity index (χ3v) is 5.86. The molecule has 0 radical (unpaired) electrons. The quantitative estimate of drug-likeness (QED) is 0.365. The zero-order chi connectivity index (χ0) is 24.3. The number of ether oxygens (including phenoxy) is 1. The Bertz CT molecular complexity index is 1060. The number of halogens is 1. The minimum Gasteiger partial charge on any atom is -0.507 e. The highest BCUT2D eigenvalue weighted by molar-refractivity contribution is 6.46. The van der Waals surface area contributed by atoms with Crippen LogP contribution in [0.2, 0.25) is 0 Å². The highest BCUT2D eigenvalue weighted by Crippen LogP contribution is 2.40. The lowest BCUT2D eigenvalue weighted by atomic mass is 9.93. The monoisotopic (exact) mass is 454 g/mol. The van der Waals surface area contributed by atoms with E-state index in [0.717, 1.165) is 12.1 Å². The van der Waals surface area contributed by atoms with Crippen molar-refractivity contribution < 1.29 is 23.8 Å². The Morgan fingerprint density at radius 3 is 2.39 bits per heavy atom. The summed E-state index contributed by atoms with van der Waals surface area (Å²) >= 11 is 0. The van der Waals surface area contributed by atoms with Gasteiger partial charge < -0.3 is 19.6 Å². The number of aliphatic hydroxyl groups excluding tert-OH is 1. The van der Waals surface area contributed by atoms with Crippen LogP contribution in [0.1, 0.15) is 48.9 Å². The summed E-state index contributed by atoms with van der Waals surface area (Å²) in [7, 11) is 5.44. The van der Waals surface area contributed by atoms with Gasteiger partial charge in [-0.25, -0.2) is 4.39 Å². The van der Waals surface area contributed by atoms with Crippen LogP contribution >= 0.6 is 0 Å². The Kier molecular flexibility index (Phi) is 7.53. The fourth-order valence-electron chi connectivity index (χ4n) is 4.15. The van der Waals surface area contributed by atoms with Gasteiger partial charge in [-0.2, -0.15) is 0 Å². The van der Waals surface area contributed by atoms with Gasteiger partial charge >= 0.3 is 0 Å². The average Bonchev–Trinajstić information content (AvgIpc) is 3.03. The molecule has 2 aromatic carbocycles. The summed E-state index contributed by atoms with van der Waals surface area (Å²) in [4.78, 5) is 29.5. The number of nitrogens with zero attached hydrogens (tertiary/aromatic N) is 2. The van der Waals surface area contributed by atoms with Gasteiger partial charge in [0.1, 0.15) is 17.3 Å². The molecule has 0 aromatic heterocycles. The Labute approximate surface area is 194 Å². The first-order valence-electron chi connectivity index (χ1n) is 11.0. The Morgan fingerprint density at radius 1 is 1.15 bits per heavy atom. The lowest BCUT2D eigenvalue weighted by molar-refractivity contribution is -0.139. The maximum atomic E-state index is 13.6. The van der Waals surface area contributed by atoms with Crippen molar-refractivity contribution in [1.82, 2.24) is 9.80 Å². The normalized spacial score (nSPS) is 17.9. The first-order chi connectivity index (χ1) is 15.6. The van der Waals surface area contributed by atoms with Crippen LogP contribution in [0.15, 0.2) is 48.0 Å². The van der Waals surface area contributed by atoms with Crippen LogP contribution in [-0.4, -0.2) is 60.9 Å². The maximum absolute atomic E-state index is 13.6. The maximum Gasteiger partial charge on any atom is 0.295 e. The summed E-state index contributed by atoms with van der Waals surface area (Å²) in [6.07, 6.45) is 0.651. The molecule has 1 atom stereocenters. The fraction of sp³-hybridized carbons (Fsp3) is 0.385. The van der Waals surface area contributed by atoms with Crippen LogP contribution in [0.4, 0.5) is 4.39 Å². The van der Waals surface area contributed by atoms with E-state index in [-0.39, 0.29) is 17.3 Å². The molecule has 0 saturated carbocycles. The van der Waals surface area contributed by atoms with E-state index in [9.17, 15) is 19.1 Å². The van der Waals surface area contributed by atoms with E-state index >= 15 is 0 Å². The zero-order valence-electron chi connectivity index (χ0n) is 19.8. The predicted molar refractivity (Wildman–Crippen MR) is 126 cm³/mol. The summed E-state index contributed by atoms with van der Waals surface area (Å²) in [5.41, 5.74) is 1.88. The van der Waals surface area contributed by atoms with Gasteiger partial charge in [-0.15, -0.1) is 0 Å². The van der Waals surface area contributed by atoms with Crippen LogP contribution in [0, 0.1) is 5.82 Å². The number of Topliss-reactive ketones (excluding diaryl/α,β-unsaturated/α-hetero) is 1. The molecule has 1 aliphatic heterocycles. The predicted octanol–water partition coefficient (Wildman–Crippen LogP) is 4.33. The number of methoxy groups -OCH3 is 1.